The Hall–Kier alpha value is -2.24. The maximum Gasteiger partial charge on any atom is 0.247 e. The summed E-state index contributed by atoms with van der Waals surface area (Å²) < 4.78 is 5.88. The van der Waals surface area contributed by atoms with Gasteiger partial charge in [0.15, 0.2) is 0 Å². The number of aliphatic hydroxyl groups excluding tert-OH is 1. The molecule has 2 N–H and O–H groups in total. The number of likely N-dealkylation sites (tertiary alicyclic amines) is 1. The van der Waals surface area contributed by atoms with Crippen molar-refractivity contribution in [1.29, 1.82) is 0 Å². The minimum Gasteiger partial charge on any atom is -0.488 e. The average molecular weight is 403 g/mol. The van der Waals surface area contributed by atoms with Crippen molar-refractivity contribution in [3.05, 3.63) is 59.1 Å². The maximum absolute atomic E-state index is 13.0. The number of hydrogen-bond donors (Lipinski definition) is 2. The highest BCUT2D eigenvalue weighted by Crippen LogP contribution is 2.24. The number of nitrogens with zero attached hydrogens (tertiary/aromatic N) is 1. The summed E-state index contributed by atoms with van der Waals surface area (Å²) in [6, 6.07) is 15.0. The smallest absolute Gasteiger partial charge is 0.247 e. The van der Waals surface area contributed by atoms with Gasteiger partial charge in [-0.15, -0.1) is 0 Å². The van der Waals surface area contributed by atoms with Crippen molar-refractivity contribution in [1.82, 2.24) is 4.90 Å². The molecule has 0 aromatic heterocycles. The van der Waals surface area contributed by atoms with E-state index in [0.717, 1.165) is 5.69 Å². The van der Waals surface area contributed by atoms with E-state index in [1.54, 1.807) is 29.2 Å². The van der Waals surface area contributed by atoms with Gasteiger partial charge >= 0.3 is 0 Å². The number of piperidine rings is 1. The van der Waals surface area contributed by atoms with Crippen LogP contribution < -0.4 is 10.1 Å². The highest BCUT2D eigenvalue weighted by molar-refractivity contribution is 6.30. The van der Waals surface area contributed by atoms with Gasteiger partial charge in [0.05, 0.1) is 6.54 Å². The molecular weight excluding hydrogens is 376 g/mol. The second-order valence-corrected chi connectivity index (χ2v) is 8.27. The van der Waals surface area contributed by atoms with Crippen LogP contribution in [0.5, 0.6) is 5.75 Å². The molecule has 1 saturated heterocycles. The first-order chi connectivity index (χ1) is 13.2. The number of carbonyl (C=O) groups excluding carboxylic acids is 1. The largest absolute Gasteiger partial charge is 0.488 e. The molecule has 6 heteroatoms. The Kier molecular flexibility index (Phi) is 6.16. The van der Waals surface area contributed by atoms with E-state index in [9.17, 15) is 9.90 Å². The van der Waals surface area contributed by atoms with Gasteiger partial charge in [0.25, 0.3) is 0 Å². The molecule has 1 fully saturated rings. The van der Waals surface area contributed by atoms with E-state index in [2.05, 4.69) is 5.32 Å². The van der Waals surface area contributed by atoms with Gasteiger partial charge in [0.2, 0.25) is 5.91 Å². The van der Waals surface area contributed by atoms with Crippen LogP contribution >= 0.6 is 11.6 Å². The van der Waals surface area contributed by atoms with Crippen LogP contribution in [-0.4, -0.2) is 46.7 Å². The van der Waals surface area contributed by atoms with Crippen molar-refractivity contribution in [2.45, 2.75) is 44.9 Å². The number of halogens is 1. The standard InChI is InChI=1S/C22H27ClN2O3/c1-15-4-8-17(9-5-15)24-22(2,3)21(27)25-13-12-20(19(26)14-25)28-18-10-6-16(23)7-11-18/h4-11,19-20,24,26H,12-14H2,1-3H3/t19-,20-/m1/s1. The molecular formula is C22H27ClN2O3. The first-order valence-corrected chi connectivity index (χ1v) is 9.87. The molecule has 2 aromatic carbocycles. The van der Waals surface area contributed by atoms with Gasteiger partial charge in [-0.3, -0.25) is 4.79 Å². The molecule has 0 aliphatic carbocycles. The molecule has 1 aliphatic heterocycles. The molecule has 2 aromatic rings. The van der Waals surface area contributed by atoms with E-state index < -0.39 is 11.6 Å². The molecule has 0 saturated carbocycles. The molecule has 2 atom stereocenters. The van der Waals surface area contributed by atoms with Crippen LogP contribution in [0.15, 0.2) is 48.5 Å². The molecule has 1 amide bonds. The van der Waals surface area contributed by atoms with Gasteiger partial charge < -0.3 is 20.1 Å². The van der Waals surface area contributed by atoms with Gasteiger partial charge in [-0.25, -0.2) is 0 Å². The summed E-state index contributed by atoms with van der Waals surface area (Å²) in [5.74, 6) is 0.617. The first kappa shape index (κ1) is 20.5. The average Bonchev–Trinajstić information content (AvgIpc) is 2.66. The molecule has 1 aliphatic rings. The van der Waals surface area contributed by atoms with Gasteiger partial charge in [-0.05, 0) is 57.2 Å². The quantitative estimate of drug-likeness (QED) is 0.796. The number of carbonyl (C=O) groups is 1. The van der Waals surface area contributed by atoms with Crippen LogP contribution in [0.2, 0.25) is 5.02 Å². The number of anilines is 1. The van der Waals surface area contributed by atoms with Gasteiger partial charge in [0.1, 0.15) is 23.5 Å². The zero-order valence-electron chi connectivity index (χ0n) is 16.5. The van der Waals surface area contributed by atoms with Crippen LogP contribution in [0.4, 0.5) is 5.69 Å². The van der Waals surface area contributed by atoms with Crippen molar-refractivity contribution in [2.75, 3.05) is 18.4 Å². The van der Waals surface area contributed by atoms with Crippen molar-refractivity contribution in [3.8, 4) is 5.75 Å². The van der Waals surface area contributed by atoms with Crippen molar-refractivity contribution in [2.24, 2.45) is 0 Å². The normalized spacial score (nSPS) is 20.0. The zero-order chi connectivity index (χ0) is 20.3. The van der Waals surface area contributed by atoms with Crippen molar-refractivity contribution < 1.29 is 14.6 Å². The number of aliphatic hydroxyl groups is 1. The van der Waals surface area contributed by atoms with Crippen LogP contribution in [-0.2, 0) is 4.79 Å². The summed E-state index contributed by atoms with van der Waals surface area (Å²) in [6.45, 7) is 6.52. The minimum absolute atomic E-state index is 0.0444. The van der Waals surface area contributed by atoms with Crippen LogP contribution in [0.3, 0.4) is 0 Å². The Bertz CT molecular complexity index is 806. The fourth-order valence-corrected chi connectivity index (χ4v) is 3.49. The van der Waals surface area contributed by atoms with Crippen LogP contribution in [0.25, 0.3) is 0 Å². The lowest BCUT2D eigenvalue weighted by Crippen LogP contribution is -2.57. The summed E-state index contributed by atoms with van der Waals surface area (Å²) in [5, 5.41) is 14.5. The van der Waals surface area contributed by atoms with E-state index in [-0.39, 0.29) is 18.6 Å². The van der Waals surface area contributed by atoms with Crippen LogP contribution in [0, 0.1) is 6.92 Å². The first-order valence-electron chi connectivity index (χ1n) is 9.49. The third kappa shape index (κ3) is 4.97. The van der Waals surface area contributed by atoms with Crippen molar-refractivity contribution in [3.63, 3.8) is 0 Å². The molecule has 0 unspecified atom stereocenters. The molecule has 28 heavy (non-hydrogen) atoms. The summed E-state index contributed by atoms with van der Waals surface area (Å²) in [7, 11) is 0. The third-order valence-corrected chi connectivity index (χ3v) is 5.20. The Morgan fingerprint density at radius 1 is 1.18 bits per heavy atom. The lowest BCUT2D eigenvalue weighted by molar-refractivity contribution is -0.140. The molecule has 0 bridgehead atoms. The predicted molar refractivity (Wildman–Crippen MR) is 112 cm³/mol. The highest BCUT2D eigenvalue weighted by Gasteiger charge is 2.37. The number of amides is 1. The molecule has 0 spiro atoms. The SMILES string of the molecule is Cc1ccc(NC(C)(C)C(=O)N2CC[C@@H](Oc3ccc(Cl)cc3)[C@H](O)C2)cc1. The number of rotatable bonds is 5. The third-order valence-electron chi connectivity index (χ3n) is 4.95. The highest BCUT2D eigenvalue weighted by atomic mass is 35.5. The maximum atomic E-state index is 13.0. The number of aryl methyl sites for hydroxylation is 1. The Balaban J connectivity index is 1.59. The summed E-state index contributed by atoms with van der Waals surface area (Å²) in [4.78, 5) is 14.7. The lowest BCUT2D eigenvalue weighted by atomic mass is 9.98. The topological polar surface area (TPSA) is 61.8 Å². The second kappa shape index (κ2) is 8.41. The van der Waals surface area contributed by atoms with Crippen LogP contribution in [0.1, 0.15) is 25.8 Å². The predicted octanol–water partition coefficient (Wildman–Crippen LogP) is 3.88. The van der Waals surface area contributed by atoms with E-state index in [1.807, 2.05) is 45.0 Å². The van der Waals surface area contributed by atoms with E-state index in [0.29, 0.717) is 23.7 Å². The molecule has 0 radical (unpaired) electrons. The second-order valence-electron chi connectivity index (χ2n) is 7.83. The van der Waals surface area contributed by atoms with E-state index in [1.165, 1.54) is 5.56 Å². The zero-order valence-corrected chi connectivity index (χ0v) is 17.2. The molecule has 3 rings (SSSR count). The fraction of sp³-hybridized carbons (Fsp3) is 0.409. The van der Waals surface area contributed by atoms with Gasteiger partial charge in [0, 0.05) is 23.7 Å². The minimum atomic E-state index is -0.779. The number of ether oxygens (including phenoxy) is 1. The van der Waals surface area contributed by atoms with Gasteiger partial charge in [-0.1, -0.05) is 29.3 Å². The fourth-order valence-electron chi connectivity index (χ4n) is 3.37. The summed E-state index contributed by atoms with van der Waals surface area (Å²) >= 11 is 5.89. The van der Waals surface area contributed by atoms with Crippen molar-refractivity contribution >= 4 is 23.2 Å². The number of benzene rings is 2. The summed E-state index contributed by atoms with van der Waals surface area (Å²) in [5.41, 5.74) is 1.28. The summed E-state index contributed by atoms with van der Waals surface area (Å²) in [6.07, 6.45) is -0.530. The Labute approximate surface area is 171 Å². The number of nitrogens with one attached hydrogen (secondary N) is 1. The van der Waals surface area contributed by atoms with Gasteiger partial charge in [-0.2, -0.15) is 0 Å². The number of β-amino-alcohol motifs (C(OH)–C–C–N with tert-alkyl or cyclic N) is 1. The monoisotopic (exact) mass is 402 g/mol. The number of hydrogen-bond acceptors (Lipinski definition) is 4. The van der Waals surface area contributed by atoms with E-state index >= 15 is 0 Å². The van der Waals surface area contributed by atoms with E-state index in [4.69, 9.17) is 16.3 Å². The Morgan fingerprint density at radius 3 is 2.43 bits per heavy atom. The molecule has 150 valence electrons. The Morgan fingerprint density at radius 2 is 1.82 bits per heavy atom. The molecule has 1 heterocycles. The molecule has 5 nitrogen and oxygen atoms in total. The lowest BCUT2D eigenvalue weighted by Gasteiger charge is -2.40.